The first-order valence-electron chi connectivity index (χ1n) is 8.46. The summed E-state index contributed by atoms with van der Waals surface area (Å²) < 4.78 is 18.7. The van der Waals surface area contributed by atoms with Crippen molar-refractivity contribution >= 4 is 17.3 Å². The van der Waals surface area contributed by atoms with Crippen LogP contribution in [0.25, 0.3) is 0 Å². The Balaban J connectivity index is 1.78. The highest BCUT2D eigenvalue weighted by atomic mass is 19.1. The van der Waals surface area contributed by atoms with Gasteiger partial charge >= 0.3 is 0 Å². The molecular weight excluding hydrogens is 363 g/mol. The molecule has 0 saturated carbocycles. The van der Waals surface area contributed by atoms with Crippen molar-refractivity contribution < 1.29 is 18.8 Å². The zero-order valence-corrected chi connectivity index (χ0v) is 15.0. The normalized spacial score (nSPS) is 10.4. The fraction of sp³-hybridized carbons (Fsp3) is 0.0952. The summed E-state index contributed by atoms with van der Waals surface area (Å²) in [5.74, 6) is -0.429. The third-order valence-corrected chi connectivity index (χ3v) is 4.12. The van der Waals surface area contributed by atoms with Gasteiger partial charge in [0.25, 0.3) is 11.6 Å². The van der Waals surface area contributed by atoms with Crippen molar-refractivity contribution in [1.29, 1.82) is 0 Å². The standard InChI is InChI=1S/C21H17FN2O4/c1-14-6-11-17(24(26)27)12-19(14)23-21(25)18-4-2-3-5-20(18)28-13-15-7-9-16(22)10-8-15/h2-12H,13H2,1H3,(H,23,25). The molecule has 0 bridgehead atoms. The molecule has 0 saturated heterocycles. The Morgan fingerprint density at radius 2 is 1.82 bits per heavy atom. The molecule has 0 aliphatic heterocycles. The summed E-state index contributed by atoms with van der Waals surface area (Å²) in [7, 11) is 0. The van der Waals surface area contributed by atoms with Gasteiger partial charge in [-0.1, -0.05) is 30.3 Å². The Bertz CT molecular complexity index is 1020. The minimum Gasteiger partial charge on any atom is -0.488 e. The van der Waals surface area contributed by atoms with E-state index in [1.54, 1.807) is 49.4 Å². The number of amides is 1. The first-order chi connectivity index (χ1) is 13.4. The van der Waals surface area contributed by atoms with Gasteiger partial charge in [0, 0.05) is 12.1 Å². The number of anilines is 1. The van der Waals surface area contributed by atoms with E-state index in [1.165, 1.54) is 24.3 Å². The summed E-state index contributed by atoms with van der Waals surface area (Å²) in [6.45, 7) is 1.91. The molecule has 0 fully saturated rings. The summed E-state index contributed by atoms with van der Waals surface area (Å²) in [5, 5.41) is 13.7. The van der Waals surface area contributed by atoms with Crippen LogP contribution in [0.15, 0.2) is 66.7 Å². The van der Waals surface area contributed by atoms with E-state index in [4.69, 9.17) is 4.74 Å². The highest BCUT2D eigenvalue weighted by molar-refractivity contribution is 6.06. The Morgan fingerprint density at radius 3 is 2.54 bits per heavy atom. The smallest absolute Gasteiger partial charge is 0.271 e. The molecule has 0 aromatic heterocycles. The maximum absolute atomic E-state index is 13.0. The number of nitrogens with zero attached hydrogens (tertiary/aromatic N) is 1. The Labute approximate surface area is 160 Å². The van der Waals surface area contributed by atoms with Crippen LogP contribution < -0.4 is 10.1 Å². The van der Waals surface area contributed by atoms with Crippen LogP contribution in [0.4, 0.5) is 15.8 Å². The number of nitrogens with one attached hydrogen (secondary N) is 1. The summed E-state index contributed by atoms with van der Waals surface area (Å²) in [5.41, 5.74) is 1.99. The number of nitro groups is 1. The molecule has 142 valence electrons. The summed E-state index contributed by atoms with van der Waals surface area (Å²) >= 11 is 0. The molecule has 0 spiro atoms. The molecular formula is C21H17FN2O4. The lowest BCUT2D eigenvalue weighted by Crippen LogP contribution is -2.14. The van der Waals surface area contributed by atoms with Gasteiger partial charge in [-0.2, -0.15) is 0 Å². The SMILES string of the molecule is Cc1ccc([N+](=O)[O-])cc1NC(=O)c1ccccc1OCc1ccc(F)cc1. The van der Waals surface area contributed by atoms with Crippen LogP contribution in [-0.4, -0.2) is 10.8 Å². The van der Waals surface area contributed by atoms with Crippen LogP contribution >= 0.6 is 0 Å². The van der Waals surface area contributed by atoms with Crippen molar-refractivity contribution in [2.45, 2.75) is 13.5 Å². The number of aryl methyl sites for hydroxylation is 1. The number of halogens is 1. The predicted molar refractivity (Wildman–Crippen MR) is 103 cm³/mol. The van der Waals surface area contributed by atoms with Gasteiger partial charge in [0.05, 0.1) is 16.2 Å². The minimum absolute atomic E-state index is 0.109. The maximum atomic E-state index is 13.0. The number of hydrogen-bond acceptors (Lipinski definition) is 4. The third-order valence-electron chi connectivity index (χ3n) is 4.12. The van der Waals surface area contributed by atoms with E-state index in [0.717, 1.165) is 5.56 Å². The van der Waals surface area contributed by atoms with Crippen LogP contribution in [0.2, 0.25) is 0 Å². The molecule has 7 heteroatoms. The number of nitro benzene ring substituents is 1. The van der Waals surface area contributed by atoms with Crippen molar-refractivity contribution in [3.8, 4) is 5.75 Å². The van der Waals surface area contributed by atoms with Gasteiger partial charge in [-0.05, 0) is 42.3 Å². The van der Waals surface area contributed by atoms with Crippen molar-refractivity contribution in [1.82, 2.24) is 0 Å². The highest BCUT2D eigenvalue weighted by Crippen LogP contribution is 2.25. The average molecular weight is 380 g/mol. The molecule has 28 heavy (non-hydrogen) atoms. The van der Waals surface area contributed by atoms with Crippen LogP contribution in [-0.2, 0) is 6.61 Å². The molecule has 0 heterocycles. The molecule has 0 radical (unpaired) electrons. The van der Waals surface area contributed by atoms with Gasteiger partial charge in [0.15, 0.2) is 0 Å². The van der Waals surface area contributed by atoms with Crippen LogP contribution in [0.5, 0.6) is 5.75 Å². The van der Waals surface area contributed by atoms with Crippen molar-refractivity contribution in [2.24, 2.45) is 0 Å². The summed E-state index contributed by atoms with van der Waals surface area (Å²) in [6.07, 6.45) is 0. The molecule has 3 aromatic carbocycles. The fourth-order valence-electron chi connectivity index (χ4n) is 2.57. The molecule has 0 atom stereocenters. The first kappa shape index (κ1) is 19.0. The van der Waals surface area contributed by atoms with E-state index < -0.39 is 10.8 Å². The molecule has 3 aromatic rings. The summed E-state index contributed by atoms with van der Waals surface area (Å²) in [4.78, 5) is 23.2. The zero-order valence-electron chi connectivity index (χ0n) is 15.0. The van der Waals surface area contributed by atoms with Gasteiger partial charge in [-0.25, -0.2) is 4.39 Å². The van der Waals surface area contributed by atoms with E-state index >= 15 is 0 Å². The van der Waals surface area contributed by atoms with Crippen LogP contribution in [0, 0.1) is 22.9 Å². The van der Waals surface area contributed by atoms with E-state index in [0.29, 0.717) is 17.0 Å². The molecule has 3 rings (SSSR count). The van der Waals surface area contributed by atoms with Crippen molar-refractivity contribution in [3.05, 3.63) is 99.4 Å². The van der Waals surface area contributed by atoms with Gasteiger partial charge in [-0.15, -0.1) is 0 Å². The van der Waals surface area contributed by atoms with Crippen LogP contribution in [0.1, 0.15) is 21.5 Å². The molecule has 1 amide bonds. The number of benzene rings is 3. The number of carbonyl (C=O) groups is 1. The molecule has 1 N–H and O–H groups in total. The Hall–Kier alpha value is -3.74. The molecule has 0 unspecified atom stereocenters. The van der Waals surface area contributed by atoms with E-state index in [2.05, 4.69) is 5.32 Å². The second-order valence-electron chi connectivity index (χ2n) is 6.12. The van der Waals surface area contributed by atoms with E-state index in [1.807, 2.05) is 0 Å². The number of para-hydroxylation sites is 1. The Kier molecular flexibility index (Phi) is 5.64. The molecule has 0 aliphatic rings. The van der Waals surface area contributed by atoms with Gasteiger partial charge in [-0.3, -0.25) is 14.9 Å². The first-order valence-corrected chi connectivity index (χ1v) is 8.46. The van der Waals surface area contributed by atoms with Gasteiger partial charge in [0.2, 0.25) is 0 Å². The second-order valence-corrected chi connectivity index (χ2v) is 6.12. The lowest BCUT2D eigenvalue weighted by molar-refractivity contribution is -0.384. The second kappa shape index (κ2) is 8.30. The Morgan fingerprint density at radius 1 is 1.11 bits per heavy atom. The zero-order chi connectivity index (χ0) is 20.1. The summed E-state index contributed by atoms with van der Waals surface area (Å²) in [6, 6.07) is 16.8. The fourth-order valence-corrected chi connectivity index (χ4v) is 2.57. The van der Waals surface area contributed by atoms with Crippen molar-refractivity contribution in [3.63, 3.8) is 0 Å². The minimum atomic E-state index is -0.519. The lowest BCUT2D eigenvalue weighted by atomic mass is 10.1. The number of hydrogen-bond donors (Lipinski definition) is 1. The number of ether oxygens (including phenoxy) is 1. The highest BCUT2D eigenvalue weighted by Gasteiger charge is 2.15. The topological polar surface area (TPSA) is 81.5 Å². The number of rotatable bonds is 6. The monoisotopic (exact) mass is 380 g/mol. The van der Waals surface area contributed by atoms with E-state index in [9.17, 15) is 19.3 Å². The maximum Gasteiger partial charge on any atom is 0.271 e. The largest absolute Gasteiger partial charge is 0.488 e. The van der Waals surface area contributed by atoms with E-state index in [-0.39, 0.29) is 23.7 Å². The third kappa shape index (κ3) is 4.50. The van der Waals surface area contributed by atoms with Gasteiger partial charge in [0.1, 0.15) is 18.2 Å². The van der Waals surface area contributed by atoms with Crippen LogP contribution in [0.3, 0.4) is 0 Å². The van der Waals surface area contributed by atoms with Gasteiger partial charge < -0.3 is 10.1 Å². The predicted octanol–water partition coefficient (Wildman–Crippen LogP) is 4.87. The van der Waals surface area contributed by atoms with Crippen molar-refractivity contribution in [2.75, 3.05) is 5.32 Å². The molecule has 0 aliphatic carbocycles. The lowest BCUT2D eigenvalue weighted by Gasteiger charge is -2.13. The molecule has 6 nitrogen and oxygen atoms in total. The number of carbonyl (C=O) groups excluding carboxylic acids is 1. The number of non-ortho nitro benzene ring substituents is 1. The quantitative estimate of drug-likeness (QED) is 0.488. The average Bonchev–Trinajstić information content (AvgIpc) is 2.69.